The van der Waals surface area contributed by atoms with Gasteiger partial charge in [0.1, 0.15) is 0 Å². The first-order valence-electron chi connectivity index (χ1n) is 8.01. The molecule has 3 N–H and O–H groups in total. The van der Waals surface area contributed by atoms with Crippen molar-refractivity contribution in [2.75, 3.05) is 25.0 Å². The fourth-order valence-electron chi connectivity index (χ4n) is 2.36. The summed E-state index contributed by atoms with van der Waals surface area (Å²) >= 11 is 0. The summed E-state index contributed by atoms with van der Waals surface area (Å²) in [7, 11) is -1.71. The third-order valence-corrected chi connectivity index (χ3v) is 4.79. The van der Waals surface area contributed by atoms with E-state index < -0.39 is 10.0 Å². The molecule has 25 heavy (non-hydrogen) atoms. The average molecular weight is 361 g/mol. The zero-order chi connectivity index (χ0) is 18.3. The van der Waals surface area contributed by atoms with Crippen LogP contribution in [-0.2, 0) is 21.2 Å². The molecule has 0 radical (unpaired) electrons. The third kappa shape index (κ3) is 6.21. The normalized spacial score (nSPS) is 11.1. The molecule has 1 amide bonds. The van der Waals surface area contributed by atoms with Gasteiger partial charge in [0, 0.05) is 32.2 Å². The molecule has 2 aromatic carbocycles. The summed E-state index contributed by atoms with van der Waals surface area (Å²) < 4.78 is 22.4. The first-order valence-corrected chi connectivity index (χ1v) is 9.55. The number of nitrogens with one attached hydrogen (secondary N) is 1. The van der Waals surface area contributed by atoms with Crippen molar-refractivity contribution in [3.8, 4) is 0 Å². The lowest BCUT2D eigenvalue weighted by atomic mass is 10.1. The Labute approximate surface area is 148 Å². The Hall–Kier alpha value is -2.38. The molecule has 0 unspecified atom stereocenters. The van der Waals surface area contributed by atoms with Crippen LogP contribution in [0, 0.1) is 0 Å². The number of carbonyl (C=O) groups excluding carboxylic acids is 1. The minimum Gasteiger partial charge on any atom is -0.374 e. The molecule has 0 spiro atoms. The molecule has 2 aromatic rings. The minimum atomic E-state index is -3.67. The van der Waals surface area contributed by atoms with E-state index in [1.54, 1.807) is 12.1 Å². The van der Waals surface area contributed by atoms with Gasteiger partial charge in [-0.15, -0.1) is 0 Å². The first kappa shape index (κ1) is 19.0. The maximum absolute atomic E-state index is 11.9. The second kappa shape index (κ2) is 8.64. The van der Waals surface area contributed by atoms with Crippen LogP contribution in [0.5, 0.6) is 0 Å². The predicted octanol–water partition coefficient (Wildman–Crippen LogP) is 1.52. The molecule has 0 aliphatic heterocycles. The Morgan fingerprint density at radius 2 is 1.72 bits per heavy atom. The van der Waals surface area contributed by atoms with E-state index in [1.165, 1.54) is 12.1 Å². The van der Waals surface area contributed by atoms with Gasteiger partial charge in [-0.05, 0) is 36.2 Å². The zero-order valence-corrected chi connectivity index (χ0v) is 15.0. The molecule has 6 nitrogen and oxygen atoms in total. The number of carbonyl (C=O) groups is 1. The van der Waals surface area contributed by atoms with Gasteiger partial charge in [-0.3, -0.25) is 4.79 Å². The van der Waals surface area contributed by atoms with Crippen molar-refractivity contribution in [3.63, 3.8) is 0 Å². The fraction of sp³-hybridized carbons (Fsp3) is 0.278. The molecule has 134 valence electrons. The quantitative estimate of drug-likeness (QED) is 0.746. The van der Waals surface area contributed by atoms with E-state index >= 15 is 0 Å². The summed E-state index contributed by atoms with van der Waals surface area (Å²) in [6.45, 7) is 1.14. The van der Waals surface area contributed by atoms with Gasteiger partial charge in [0.05, 0.1) is 4.90 Å². The van der Waals surface area contributed by atoms with Crippen LogP contribution in [0.1, 0.15) is 12.0 Å². The van der Waals surface area contributed by atoms with Crippen molar-refractivity contribution in [3.05, 3.63) is 60.2 Å². The molecule has 0 heterocycles. The van der Waals surface area contributed by atoms with Crippen LogP contribution >= 0.6 is 0 Å². The number of sulfonamides is 1. The van der Waals surface area contributed by atoms with E-state index in [0.29, 0.717) is 25.9 Å². The number of amides is 1. The lowest BCUT2D eigenvalue weighted by Gasteiger charge is -2.18. The fourth-order valence-corrected chi connectivity index (χ4v) is 2.88. The summed E-state index contributed by atoms with van der Waals surface area (Å²) in [4.78, 5) is 14.0. The molecule has 0 atom stereocenters. The molecule has 0 saturated heterocycles. The molecule has 0 aliphatic carbocycles. The van der Waals surface area contributed by atoms with Crippen molar-refractivity contribution < 1.29 is 13.2 Å². The van der Waals surface area contributed by atoms with Crippen LogP contribution in [0.4, 0.5) is 5.69 Å². The molecule has 0 aliphatic rings. The highest BCUT2D eigenvalue weighted by Crippen LogP contribution is 2.11. The SMILES string of the molecule is CN(CCC(=O)NCCc1ccc(S(N)(=O)=O)cc1)c1ccccc1. The van der Waals surface area contributed by atoms with Crippen LogP contribution in [0.25, 0.3) is 0 Å². The number of nitrogens with two attached hydrogens (primary N) is 1. The molecule has 0 aromatic heterocycles. The Kier molecular flexibility index (Phi) is 6.55. The van der Waals surface area contributed by atoms with E-state index in [9.17, 15) is 13.2 Å². The molecule has 0 saturated carbocycles. The number of anilines is 1. The maximum Gasteiger partial charge on any atom is 0.238 e. The lowest BCUT2D eigenvalue weighted by molar-refractivity contribution is -0.120. The van der Waals surface area contributed by atoms with E-state index in [0.717, 1.165) is 11.3 Å². The van der Waals surface area contributed by atoms with Gasteiger partial charge in [0.25, 0.3) is 0 Å². The van der Waals surface area contributed by atoms with Gasteiger partial charge >= 0.3 is 0 Å². The molecule has 7 heteroatoms. The minimum absolute atomic E-state index is 0.0102. The van der Waals surface area contributed by atoms with Crippen molar-refractivity contribution in [1.29, 1.82) is 0 Å². The van der Waals surface area contributed by atoms with Crippen LogP contribution < -0.4 is 15.4 Å². The average Bonchev–Trinajstić information content (AvgIpc) is 2.60. The Balaban J connectivity index is 1.72. The van der Waals surface area contributed by atoms with Crippen LogP contribution in [0.15, 0.2) is 59.5 Å². The smallest absolute Gasteiger partial charge is 0.238 e. The van der Waals surface area contributed by atoms with Gasteiger partial charge in [-0.25, -0.2) is 13.6 Å². The van der Waals surface area contributed by atoms with E-state index in [2.05, 4.69) is 5.32 Å². The highest BCUT2D eigenvalue weighted by atomic mass is 32.2. The lowest BCUT2D eigenvalue weighted by Crippen LogP contribution is -2.30. The van der Waals surface area contributed by atoms with Gasteiger partial charge in [-0.2, -0.15) is 0 Å². The van der Waals surface area contributed by atoms with E-state index in [-0.39, 0.29) is 10.8 Å². The topological polar surface area (TPSA) is 92.5 Å². The molecular weight excluding hydrogens is 338 g/mol. The summed E-state index contributed by atoms with van der Waals surface area (Å²) in [5, 5.41) is 7.93. The van der Waals surface area contributed by atoms with Gasteiger partial charge in [-0.1, -0.05) is 30.3 Å². The number of hydrogen-bond donors (Lipinski definition) is 2. The Bertz CT molecular complexity index is 790. The number of nitrogens with zero attached hydrogens (tertiary/aromatic N) is 1. The van der Waals surface area contributed by atoms with Gasteiger partial charge in [0.15, 0.2) is 0 Å². The maximum atomic E-state index is 11.9. The highest BCUT2D eigenvalue weighted by Gasteiger charge is 2.07. The molecular formula is C18H23N3O3S. The van der Waals surface area contributed by atoms with Gasteiger partial charge < -0.3 is 10.2 Å². The largest absolute Gasteiger partial charge is 0.374 e. The molecule has 2 rings (SSSR count). The van der Waals surface area contributed by atoms with Gasteiger partial charge in [0.2, 0.25) is 15.9 Å². The van der Waals surface area contributed by atoms with Crippen molar-refractivity contribution in [1.82, 2.24) is 5.32 Å². The number of benzene rings is 2. The van der Waals surface area contributed by atoms with Crippen molar-refractivity contribution in [2.24, 2.45) is 5.14 Å². The highest BCUT2D eigenvalue weighted by molar-refractivity contribution is 7.89. The molecule has 0 bridgehead atoms. The van der Waals surface area contributed by atoms with Crippen LogP contribution in [0.3, 0.4) is 0 Å². The molecule has 0 fully saturated rings. The summed E-state index contributed by atoms with van der Waals surface area (Å²) in [6.07, 6.45) is 1.04. The number of para-hydroxylation sites is 1. The number of primary sulfonamides is 1. The summed E-state index contributed by atoms with van der Waals surface area (Å²) in [6, 6.07) is 16.2. The summed E-state index contributed by atoms with van der Waals surface area (Å²) in [5.41, 5.74) is 2.01. The Morgan fingerprint density at radius 3 is 2.32 bits per heavy atom. The van der Waals surface area contributed by atoms with E-state index in [4.69, 9.17) is 5.14 Å². The first-order chi connectivity index (χ1) is 11.9. The third-order valence-electron chi connectivity index (χ3n) is 3.86. The monoisotopic (exact) mass is 361 g/mol. The van der Waals surface area contributed by atoms with Crippen molar-refractivity contribution in [2.45, 2.75) is 17.7 Å². The number of rotatable bonds is 8. The number of hydrogen-bond acceptors (Lipinski definition) is 4. The van der Waals surface area contributed by atoms with E-state index in [1.807, 2.05) is 42.3 Å². The second-order valence-corrected chi connectivity index (χ2v) is 7.36. The standard InChI is InChI=1S/C18H23N3O3S/c1-21(16-5-3-2-4-6-16)14-12-18(22)20-13-11-15-7-9-17(10-8-15)25(19,23)24/h2-10H,11-14H2,1H3,(H,20,22)(H2,19,23,24). The van der Waals surface area contributed by atoms with Crippen LogP contribution in [0.2, 0.25) is 0 Å². The van der Waals surface area contributed by atoms with Crippen molar-refractivity contribution >= 4 is 21.6 Å². The second-order valence-electron chi connectivity index (χ2n) is 5.80. The predicted molar refractivity (Wildman–Crippen MR) is 98.9 cm³/mol. The van der Waals surface area contributed by atoms with Crippen LogP contribution in [-0.4, -0.2) is 34.5 Å². The Morgan fingerprint density at radius 1 is 1.08 bits per heavy atom. The zero-order valence-electron chi connectivity index (χ0n) is 14.2. The summed E-state index contributed by atoms with van der Waals surface area (Å²) in [5.74, 6) is -0.0102.